The van der Waals surface area contributed by atoms with Gasteiger partial charge < -0.3 is 25.0 Å². The molecule has 1 atom stereocenters. The van der Waals surface area contributed by atoms with Crippen LogP contribution in [0.3, 0.4) is 0 Å². The van der Waals surface area contributed by atoms with E-state index in [-0.39, 0.29) is 0 Å². The monoisotopic (exact) mass is 399 g/mol. The van der Waals surface area contributed by atoms with E-state index in [0.29, 0.717) is 6.61 Å². The minimum atomic E-state index is -0.919. The highest BCUT2D eigenvalue weighted by atomic mass is 16.5. The van der Waals surface area contributed by atoms with Crippen molar-refractivity contribution in [1.82, 2.24) is 15.5 Å². The first-order valence-corrected chi connectivity index (χ1v) is 10.7. The Labute approximate surface area is 173 Å². The molecule has 7 nitrogen and oxygen atoms in total. The molecule has 1 aromatic carbocycles. The molecule has 4 rings (SSSR count). The maximum absolute atomic E-state index is 6.76. The van der Waals surface area contributed by atoms with Crippen molar-refractivity contribution in [2.24, 2.45) is 10.7 Å². The summed E-state index contributed by atoms with van der Waals surface area (Å²) < 4.78 is 11.6. The summed E-state index contributed by atoms with van der Waals surface area (Å²) in [5.41, 5.74) is 10.1. The van der Waals surface area contributed by atoms with Crippen LogP contribution in [-0.2, 0) is 5.79 Å². The van der Waals surface area contributed by atoms with Gasteiger partial charge in [0.25, 0.3) is 0 Å². The van der Waals surface area contributed by atoms with E-state index < -0.39 is 5.79 Å². The second-order valence-electron chi connectivity index (χ2n) is 8.06. The highest BCUT2D eigenvalue weighted by molar-refractivity contribution is 6.00. The summed E-state index contributed by atoms with van der Waals surface area (Å²) in [4.78, 5) is 6.93. The second kappa shape index (κ2) is 8.63. The molecule has 3 aliphatic rings. The van der Waals surface area contributed by atoms with Gasteiger partial charge >= 0.3 is 0 Å². The van der Waals surface area contributed by atoms with Crippen LogP contribution < -0.4 is 25.8 Å². The van der Waals surface area contributed by atoms with Crippen molar-refractivity contribution in [3.8, 4) is 11.5 Å². The number of allylic oxidation sites excluding steroid dienone is 1. The fourth-order valence-corrected chi connectivity index (χ4v) is 4.52. The minimum absolute atomic E-state index is 0.658. The van der Waals surface area contributed by atoms with Gasteiger partial charge in [-0.1, -0.05) is 0 Å². The number of hydrogen-bond acceptors (Lipinski definition) is 6. The SMILES string of the molecule is CN=C1NC(N)(c2ccc(OC)c(OCCCN3CCCC3)c2)NC2=C1CCC2. The number of amidine groups is 1. The molecule has 1 aromatic rings. The van der Waals surface area contributed by atoms with Crippen LogP contribution >= 0.6 is 0 Å². The van der Waals surface area contributed by atoms with Gasteiger partial charge in [-0.3, -0.25) is 10.7 Å². The third-order valence-electron chi connectivity index (χ3n) is 6.08. The van der Waals surface area contributed by atoms with Crippen molar-refractivity contribution in [2.45, 2.75) is 44.3 Å². The van der Waals surface area contributed by atoms with Gasteiger partial charge in [-0.15, -0.1) is 0 Å². The summed E-state index contributed by atoms with van der Waals surface area (Å²) in [5, 5.41) is 6.90. The summed E-state index contributed by atoms with van der Waals surface area (Å²) in [6.07, 6.45) is 6.80. The molecule has 158 valence electrons. The van der Waals surface area contributed by atoms with Crippen LogP contribution in [0.15, 0.2) is 34.5 Å². The molecule has 7 heteroatoms. The van der Waals surface area contributed by atoms with E-state index in [1.165, 1.54) is 37.2 Å². The fourth-order valence-electron chi connectivity index (χ4n) is 4.52. The lowest BCUT2D eigenvalue weighted by Gasteiger charge is -2.39. The number of aliphatic imine (C=N–C) groups is 1. The molecule has 1 aliphatic carbocycles. The molecule has 2 heterocycles. The van der Waals surface area contributed by atoms with Crippen LogP contribution in [0.25, 0.3) is 0 Å². The van der Waals surface area contributed by atoms with Crippen LogP contribution in [0.4, 0.5) is 0 Å². The van der Waals surface area contributed by atoms with Gasteiger partial charge in [-0.2, -0.15) is 0 Å². The van der Waals surface area contributed by atoms with Crippen LogP contribution in [0.5, 0.6) is 11.5 Å². The van der Waals surface area contributed by atoms with Gasteiger partial charge in [0, 0.05) is 30.4 Å². The molecular weight excluding hydrogens is 366 g/mol. The zero-order valence-electron chi connectivity index (χ0n) is 17.6. The molecule has 1 saturated heterocycles. The predicted molar refractivity (Wildman–Crippen MR) is 115 cm³/mol. The average Bonchev–Trinajstić information content (AvgIpc) is 3.42. The molecule has 0 amide bonds. The lowest BCUT2D eigenvalue weighted by molar-refractivity contribution is 0.252. The van der Waals surface area contributed by atoms with Crippen molar-refractivity contribution < 1.29 is 9.47 Å². The Hall–Kier alpha value is -2.25. The van der Waals surface area contributed by atoms with Gasteiger partial charge in [0.15, 0.2) is 17.3 Å². The Morgan fingerprint density at radius 2 is 1.97 bits per heavy atom. The fraction of sp³-hybridized carbons (Fsp3) is 0.591. The first kappa shape index (κ1) is 20.0. The van der Waals surface area contributed by atoms with Crippen molar-refractivity contribution in [3.05, 3.63) is 35.0 Å². The van der Waals surface area contributed by atoms with Crippen molar-refractivity contribution in [3.63, 3.8) is 0 Å². The number of likely N-dealkylation sites (tertiary alicyclic amines) is 1. The van der Waals surface area contributed by atoms with Gasteiger partial charge in [-0.25, -0.2) is 0 Å². The van der Waals surface area contributed by atoms with E-state index in [1.807, 2.05) is 18.2 Å². The lowest BCUT2D eigenvalue weighted by atomic mass is 10.0. The number of methoxy groups -OCH3 is 1. The maximum atomic E-state index is 6.76. The highest BCUT2D eigenvalue weighted by Gasteiger charge is 2.37. The Bertz CT molecular complexity index is 800. The Kier molecular flexibility index (Phi) is 5.96. The standard InChI is InChI=1S/C22H33N5O2/c1-24-21-17-7-5-8-18(17)25-22(23,26-21)16-9-10-19(28-2)20(15-16)29-14-6-13-27-11-3-4-12-27/h9-10,15,25H,3-8,11-14,23H2,1-2H3,(H,24,26). The molecule has 1 fully saturated rings. The van der Waals surface area contributed by atoms with E-state index in [4.69, 9.17) is 15.2 Å². The van der Waals surface area contributed by atoms with Crippen LogP contribution in [0, 0.1) is 0 Å². The van der Waals surface area contributed by atoms with Crippen molar-refractivity contribution in [2.75, 3.05) is 40.4 Å². The summed E-state index contributed by atoms with van der Waals surface area (Å²) in [7, 11) is 3.47. The number of rotatable bonds is 7. The topological polar surface area (TPSA) is 84.1 Å². The largest absolute Gasteiger partial charge is 0.493 e. The Morgan fingerprint density at radius 1 is 1.14 bits per heavy atom. The summed E-state index contributed by atoms with van der Waals surface area (Å²) >= 11 is 0. The number of hydrogen-bond donors (Lipinski definition) is 3. The van der Waals surface area contributed by atoms with Gasteiger partial charge in [0.1, 0.15) is 5.84 Å². The number of nitrogens with zero attached hydrogens (tertiary/aromatic N) is 2. The van der Waals surface area contributed by atoms with Crippen molar-refractivity contribution >= 4 is 5.84 Å². The molecular formula is C22H33N5O2. The Morgan fingerprint density at radius 3 is 2.72 bits per heavy atom. The van der Waals surface area contributed by atoms with Crippen LogP contribution in [0.2, 0.25) is 0 Å². The van der Waals surface area contributed by atoms with E-state index in [1.54, 1.807) is 14.2 Å². The summed E-state index contributed by atoms with van der Waals surface area (Å²) in [6, 6.07) is 5.87. The van der Waals surface area contributed by atoms with E-state index >= 15 is 0 Å². The highest BCUT2D eigenvalue weighted by Crippen LogP contribution is 2.35. The Balaban J connectivity index is 1.48. The van der Waals surface area contributed by atoms with Crippen molar-refractivity contribution in [1.29, 1.82) is 0 Å². The zero-order valence-corrected chi connectivity index (χ0v) is 17.6. The van der Waals surface area contributed by atoms with Crippen LogP contribution in [-0.4, -0.2) is 51.1 Å². The van der Waals surface area contributed by atoms with E-state index in [2.05, 4.69) is 20.5 Å². The third-order valence-corrected chi connectivity index (χ3v) is 6.08. The summed E-state index contributed by atoms with van der Waals surface area (Å²) in [6.45, 7) is 4.17. The molecule has 29 heavy (non-hydrogen) atoms. The average molecular weight is 400 g/mol. The summed E-state index contributed by atoms with van der Waals surface area (Å²) in [5.74, 6) is 1.40. The smallest absolute Gasteiger partial charge is 0.190 e. The zero-order chi connectivity index (χ0) is 20.3. The van der Waals surface area contributed by atoms with E-state index in [0.717, 1.165) is 55.1 Å². The molecule has 0 bridgehead atoms. The van der Waals surface area contributed by atoms with Gasteiger partial charge in [0.05, 0.1) is 13.7 Å². The molecule has 0 aromatic heterocycles. The first-order valence-electron chi connectivity index (χ1n) is 10.7. The predicted octanol–water partition coefficient (Wildman–Crippen LogP) is 2.29. The molecule has 4 N–H and O–H groups in total. The molecule has 0 saturated carbocycles. The quantitative estimate of drug-likeness (QED) is 0.610. The van der Waals surface area contributed by atoms with Gasteiger partial charge in [-0.05, 0) is 69.8 Å². The second-order valence-corrected chi connectivity index (χ2v) is 8.06. The third kappa shape index (κ3) is 4.21. The van der Waals surface area contributed by atoms with Crippen LogP contribution in [0.1, 0.15) is 44.1 Å². The molecule has 2 aliphatic heterocycles. The molecule has 0 spiro atoms. The molecule has 0 radical (unpaired) electrons. The molecule has 1 unspecified atom stereocenters. The minimum Gasteiger partial charge on any atom is -0.493 e. The van der Waals surface area contributed by atoms with E-state index in [9.17, 15) is 0 Å². The van der Waals surface area contributed by atoms with Gasteiger partial charge in [0.2, 0.25) is 0 Å². The lowest BCUT2D eigenvalue weighted by Crippen LogP contribution is -2.65. The number of benzene rings is 1. The number of ether oxygens (including phenoxy) is 2. The number of nitrogens with one attached hydrogen (secondary N) is 2. The maximum Gasteiger partial charge on any atom is 0.190 e. The normalized spacial score (nSPS) is 25.7. The first-order chi connectivity index (χ1) is 14.1. The number of nitrogens with two attached hydrogens (primary N) is 1.